The number of nitrogens with one attached hydrogen (secondary N) is 2. The van der Waals surface area contributed by atoms with E-state index < -0.39 is 18.8 Å². The molecule has 0 spiro atoms. The molecule has 23 heavy (non-hydrogen) atoms. The van der Waals surface area contributed by atoms with E-state index in [1.165, 1.54) is 18.3 Å². The average Bonchev–Trinajstić information content (AvgIpc) is 3.00. The number of anilines is 1. The van der Waals surface area contributed by atoms with E-state index in [1.807, 2.05) is 6.92 Å². The predicted octanol–water partition coefficient (Wildman–Crippen LogP) is 2.71. The Morgan fingerprint density at radius 3 is 2.87 bits per heavy atom. The van der Waals surface area contributed by atoms with Crippen molar-refractivity contribution in [3.05, 3.63) is 18.3 Å². The van der Waals surface area contributed by atoms with E-state index in [4.69, 9.17) is 4.74 Å². The van der Waals surface area contributed by atoms with Crippen molar-refractivity contribution in [1.29, 1.82) is 0 Å². The van der Waals surface area contributed by atoms with E-state index >= 15 is 0 Å². The summed E-state index contributed by atoms with van der Waals surface area (Å²) in [5.74, 6) is -0.166. The van der Waals surface area contributed by atoms with Crippen LogP contribution in [0.15, 0.2) is 18.3 Å². The van der Waals surface area contributed by atoms with Crippen molar-refractivity contribution in [2.75, 3.05) is 18.5 Å². The van der Waals surface area contributed by atoms with Gasteiger partial charge in [-0.15, -0.1) is 0 Å². The molecule has 0 radical (unpaired) electrons. The average molecular weight is 333 g/mol. The summed E-state index contributed by atoms with van der Waals surface area (Å²) in [6.07, 6.45) is -1.33. The highest BCUT2D eigenvalue weighted by molar-refractivity contribution is 5.89. The summed E-state index contributed by atoms with van der Waals surface area (Å²) >= 11 is 0. The van der Waals surface area contributed by atoms with Crippen molar-refractivity contribution >= 4 is 11.7 Å². The molecular formula is C14H18F3N3O3. The van der Waals surface area contributed by atoms with E-state index in [9.17, 15) is 18.0 Å². The molecule has 2 heterocycles. The summed E-state index contributed by atoms with van der Waals surface area (Å²) in [6, 6.07) is 2.10. The molecule has 128 valence electrons. The van der Waals surface area contributed by atoms with E-state index in [1.54, 1.807) is 0 Å². The topological polar surface area (TPSA) is 72.5 Å². The van der Waals surface area contributed by atoms with Gasteiger partial charge < -0.3 is 20.1 Å². The molecule has 9 heteroatoms. The van der Waals surface area contributed by atoms with Crippen molar-refractivity contribution < 1.29 is 27.4 Å². The minimum absolute atomic E-state index is 0.00276. The van der Waals surface area contributed by atoms with E-state index in [2.05, 4.69) is 20.4 Å². The van der Waals surface area contributed by atoms with Crippen molar-refractivity contribution in [3.8, 4) is 5.88 Å². The second-order valence-corrected chi connectivity index (χ2v) is 5.23. The van der Waals surface area contributed by atoms with Gasteiger partial charge in [0.05, 0.1) is 24.0 Å². The molecule has 6 nitrogen and oxygen atoms in total. The number of halogens is 3. The lowest BCUT2D eigenvalue weighted by Crippen LogP contribution is -2.42. The SMILES string of the molecule is C[C@@H](NC(=O)Nc1ccc(OCC(F)(F)F)nc1)[C@@H]1CCCO1. The lowest BCUT2D eigenvalue weighted by Gasteiger charge is -2.20. The van der Waals surface area contributed by atoms with Gasteiger partial charge in [-0.3, -0.25) is 0 Å². The number of amides is 2. The summed E-state index contributed by atoms with van der Waals surface area (Å²) < 4.78 is 46.0. The van der Waals surface area contributed by atoms with Gasteiger partial charge in [0, 0.05) is 12.7 Å². The molecule has 0 saturated carbocycles. The monoisotopic (exact) mass is 333 g/mol. The third-order valence-corrected chi connectivity index (χ3v) is 3.26. The molecule has 1 aromatic rings. The van der Waals surface area contributed by atoms with Crippen LogP contribution in [-0.2, 0) is 4.74 Å². The molecule has 2 amide bonds. The van der Waals surface area contributed by atoms with Crippen LogP contribution in [0.1, 0.15) is 19.8 Å². The third-order valence-electron chi connectivity index (χ3n) is 3.26. The van der Waals surface area contributed by atoms with Gasteiger partial charge in [-0.05, 0) is 25.8 Å². The van der Waals surface area contributed by atoms with Crippen LogP contribution in [-0.4, -0.2) is 42.6 Å². The van der Waals surface area contributed by atoms with Gasteiger partial charge in [-0.25, -0.2) is 9.78 Å². The van der Waals surface area contributed by atoms with Crippen LogP contribution in [0.2, 0.25) is 0 Å². The Morgan fingerprint density at radius 2 is 2.30 bits per heavy atom. The van der Waals surface area contributed by atoms with Crippen LogP contribution in [0.25, 0.3) is 0 Å². The summed E-state index contributed by atoms with van der Waals surface area (Å²) in [5, 5.41) is 5.30. The molecule has 0 aromatic carbocycles. The number of alkyl halides is 3. The van der Waals surface area contributed by atoms with Gasteiger partial charge in [0.2, 0.25) is 5.88 Å². The fourth-order valence-electron chi connectivity index (χ4n) is 2.16. The Labute approximate surface area is 131 Å². The number of nitrogens with zero attached hydrogens (tertiary/aromatic N) is 1. The number of hydrogen-bond acceptors (Lipinski definition) is 4. The quantitative estimate of drug-likeness (QED) is 0.869. The first kappa shape index (κ1) is 17.3. The first-order chi connectivity index (χ1) is 10.8. The Bertz CT molecular complexity index is 516. The Morgan fingerprint density at radius 1 is 1.52 bits per heavy atom. The highest BCUT2D eigenvalue weighted by Crippen LogP contribution is 2.18. The largest absolute Gasteiger partial charge is 0.468 e. The Hall–Kier alpha value is -2.03. The standard InChI is InChI=1S/C14H18F3N3O3/c1-9(11-3-2-6-22-11)19-13(21)20-10-4-5-12(18-7-10)23-8-14(15,16)17/h4-5,7,9,11H,2-3,6,8H2,1H3,(H2,19,20,21)/t9-,11+/m1/s1. The van der Waals surface area contributed by atoms with E-state index in [0.717, 1.165) is 12.8 Å². The van der Waals surface area contributed by atoms with Crippen LogP contribution in [0, 0.1) is 0 Å². The van der Waals surface area contributed by atoms with Gasteiger partial charge in [0.15, 0.2) is 6.61 Å². The van der Waals surface area contributed by atoms with Crippen LogP contribution < -0.4 is 15.4 Å². The van der Waals surface area contributed by atoms with Crippen molar-refractivity contribution in [2.24, 2.45) is 0 Å². The number of carbonyl (C=O) groups is 1. The second kappa shape index (κ2) is 7.49. The van der Waals surface area contributed by atoms with Gasteiger partial charge in [0.25, 0.3) is 0 Å². The van der Waals surface area contributed by atoms with Gasteiger partial charge >= 0.3 is 12.2 Å². The zero-order valence-corrected chi connectivity index (χ0v) is 12.5. The number of urea groups is 1. The Balaban J connectivity index is 1.79. The highest BCUT2D eigenvalue weighted by atomic mass is 19.4. The van der Waals surface area contributed by atoms with Crippen molar-refractivity contribution in [2.45, 2.75) is 38.1 Å². The molecule has 1 saturated heterocycles. The zero-order valence-electron chi connectivity index (χ0n) is 12.5. The van der Waals surface area contributed by atoms with Crippen molar-refractivity contribution in [3.63, 3.8) is 0 Å². The van der Waals surface area contributed by atoms with Crippen molar-refractivity contribution in [1.82, 2.24) is 10.3 Å². The molecule has 1 aromatic heterocycles. The first-order valence-electron chi connectivity index (χ1n) is 7.18. The number of aromatic nitrogens is 1. The molecule has 1 aliphatic heterocycles. The minimum atomic E-state index is -4.42. The van der Waals surface area contributed by atoms with Gasteiger partial charge in [0.1, 0.15) is 0 Å². The number of carbonyl (C=O) groups excluding carboxylic acids is 1. The summed E-state index contributed by atoms with van der Waals surface area (Å²) in [7, 11) is 0. The zero-order chi connectivity index (χ0) is 16.9. The lowest BCUT2D eigenvalue weighted by atomic mass is 10.1. The second-order valence-electron chi connectivity index (χ2n) is 5.23. The molecule has 1 fully saturated rings. The molecule has 0 unspecified atom stereocenters. The van der Waals surface area contributed by atoms with Crippen LogP contribution in [0.3, 0.4) is 0 Å². The van der Waals surface area contributed by atoms with Gasteiger partial charge in [-0.2, -0.15) is 13.2 Å². The molecule has 0 aliphatic carbocycles. The summed E-state index contributed by atoms with van der Waals surface area (Å²) in [5.41, 5.74) is 0.349. The van der Waals surface area contributed by atoms with Crippen LogP contribution in [0.5, 0.6) is 5.88 Å². The smallest absolute Gasteiger partial charge is 0.422 e. The fourth-order valence-corrected chi connectivity index (χ4v) is 2.16. The number of rotatable bonds is 5. The maximum atomic E-state index is 12.0. The maximum Gasteiger partial charge on any atom is 0.422 e. The maximum absolute atomic E-state index is 12.0. The number of ether oxygens (including phenoxy) is 2. The van der Waals surface area contributed by atoms with Crippen LogP contribution in [0.4, 0.5) is 23.7 Å². The molecule has 0 bridgehead atoms. The lowest BCUT2D eigenvalue weighted by molar-refractivity contribution is -0.154. The minimum Gasteiger partial charge on any atom is -0.468 e. The molecular weight excluding hydrogens is 315 g/mol. The fraction of sp³-hybridized carbons (Fsp3) is 0.571. The third kappa shape index (κ3) is 5.93. The first-order valence-corrected chi connectivity index (χ1v) is 7.18. The molecule has 2 rings (SSSR count). The molecule has 2 atom stereocenters. The molecule has 1 aliphatic rings. The van der Waals surface area contributed by atoms with E-state index in [-0.39, 0.29) is 18.0 Å². The summed E-state index contributed by atoms with van der Waals surface area (Å²) in [4.78, 5) is 15.5. The highest BCUT2D eigenvalue weighted by Gasteiger charge is 2.28. The Kier molecular flexibility index (Phi) is 5.64. The summed E-state index contributed by atoms with van der Waals surface area (Å²) in [6.45, 7) is 1.13. The number of hydrogen-bond donors (Lipinski definition) is 2. The van der Waals surface area contributed by atoms with Crippen LogP contribution >= 0.6 is 0 Å². The predicted molar refractivity (Wildman–Crippen MR) is 76.4 cm³/mol. The number of pyridine rings is 1. The van der Waals surface area contributed by atoms with E-state index in [0.29, 0.717) is 12.3 Å². The van der Waals surface area contributed by atoms with Gasteiger partial charge in [-0.1, -0.05) is 0 Å². The normalized spacial score (nSPS) is 19.2. The molecule has 2 N–H and O–H groups in total.